The first-order valence-electron chi connectivity index (χ1n) is 16.9. The molecule has 0 radical (unpaired) electrons. The van der Waals surface area contributed by atoms with E-state index in [0.717, 1.165) is 16.8 Å². The van der Waals surface area contributed by atoms with Crippen molar-refractivity contribution in [3.63, 3.8) is 0 Å². The van der Waals surface area contributed by atoms with E-state index < -0.39 is 23.2 Å². The summed E-state index contributed by atoms with van der Waals surface area (Å²) in [5, 5.41) is 8.54. The van der Waals surface area contributed by atoms with Crippen LogP contribution in [0.5, 0.6) is 0 Å². The van der Waals surface area contributed by atoms with E-state index in [1.165, 1.54) is 34.8 Å². The Labute approximate surface area is 313 Å². The number of hydrogen-bond acceptors (Lipinski definition) is 11. The first kappa shape index (κ1) is 35.9. The Morgan fingerprint density at radius 1 is 1.12 bits per heavy atom. The molecule has 0 unspecified atom stereocenters. The lowest BCUT2D eigenvalue weighted by molar-refractivity contribution is -0.139. The summed E-state index contributed by atoms with van der Waals surface area (Å²) in [5.41, 5.74) is 3.38. The number of thiazole rings is 2. The van der Waals surface area contributed by atoms with E-state index in [0.29, 0.717) is 60.0 Å². The molecule has 0 saturated carbocycles. The number of aliphatic imine (C=N–C) groups is 1. The Kier molecular flexibility index (Phi) is 10.0. The number of nitrogens with zero attached hydrogens (tertiary/aromatic N) is 6. The number of carbonyl (C=O) groups is 3. The molecule has 52 heavy (non-hydrogen) atoms. The number of esters is 1. The van der Waals surface area contributed by atoms with Gasteiger partial charge >= 0.3 is 12.0 Å². The van der Waals surface area contributed by atoms with Crippen LogP contribution in [0.25, 0.3) is 11.3 Å². The molecule has 2 atom stereocenters. The number of nitrogens with one attached hydrogen (secondary N) is 1. The van der Waals surface area contributed by atoms with E-state index in [4.69, 9.17) is 26.3 Å². The van der Waals surface area contributed by atoms with E-state index in [9.17, 15) is 18.8 Å². The van der Waals surface area contributed by atoms with Gasteiger partial charge in [0.25, 0.3) is 0 Å². The molecule has 2 aromatic heterocycles. The number of halogens is 2. The number of Topliss-reactive ketones (excluding diaryl/α,β-unsaturated/α-hetero) is 1. The van der Waals surface area contributed by atoms with E-state index >= 15 is 0 Å². The maximum absolute atomic E-state index is 14.1. The second kappa shape index (κ2) is 14.5. The molecule has 15 heteroatoms. The van der Waals surface area contributed by atoms with Crippen molar-refractivity contribution in [1.82, 2.24) is 25.1 Å². The molecular formula is C37H37ClFN7O4S2. The van der Waals surface area contributed by atoms with Gasteiger partial charge in [0.05, 0.1) is 30.5 Å². The third-order valence-corrected chi connectivity index (χ3v) is 11.8. The van der Waals surface area contributed by atoms with Gasteiger partial charge < -0.3 is 15.0 Å². The molecule has 4 aromatic rings. The summed E-state index contributed by atoms with van der Waals surface area (Å²) in [5.74, 6) is -0.473. The molecule has 2 saturated heterocycles. The zero-order valence-electron chi connectivity index (χ0n) is 29.1. The van der Waals surface area contributed by atoms with E-state index in [1.54, 1.807) is 31.0 Å². The first-order chi connectivity index (χ1) is 24.9. The number of hydrogen-bond donors (Lipinski definition) is 1. The monoisotopic (exact) mass is 761 g/mol. The highest BCUT2D eigenvalue weighted by molar-refractivity contribution is 7.14. The molecular weight excluding hydrogens is 725 g/mol. The lowest BCUT2D eigenvalue weighted by Gasteiger charge is -2.38. The van der Waals surface area contributed by atoms with Crippen LogP contribution < -0.4 is 10.2 Å². The largest absolute Gasteiger partial charge is 0.463 e. The standard InChI is InChI=1S/C37H37ClFN7O4S2/c1-5-50-34(48)30-28(41-32(33-40-12-15-51-33)43-31(30)26-11-10-24(39)16-27(26)38)19-44-13-14-45-25(17-44)18-46(36(45)49)35-42-29(20-52-35)22-6-8-23(9-7-22)37(3,4)21(2)47/h6-12,15-16,20,25,31H,5,13-14,17-19H2,1-4H3,(H,41,43)/t25-,31-/m0/s1. The molecule has 2 aromatic carbocycles. The Hall–Kier alpha value is -4.50. The quantitative estimate of drug-likeness (QED) is 0.183. The zero-order valence-corrected chi connectivity index (χ0v) is 31.4. The highest BCUT2D eigenvalue weighted by Gasteiger charge is 2.43. The second-order valence-corrected chi connectivity index (χ2v) is 15.5. The molecule has 0 bridgehead atoms. The number of rotatable bonds is 10. The van der Waals surface area contributed by atoms with Gasteiger partial charge in [-0.05, 0) is 45.4 Å². The minimum atomic E-state index is -0.858. The Morgan fingerprint density at radius 3 is 2.60 bits per heavy atom. The van der Waals surface area contributed by atoms with Gasteiger partial charge in [-0.25, -0.2) is 23.9 Å². The number of fused-ring (bicyclic) bond motifs is 1. The zero-order chi connectivity index (χ0) is 36.7. The summed E-state index contributed by atoms with van der Waals surface area (Å²) in [7, 11) is 0. The van der Waals surface area contributed by atoms with Gasteiger partial charge in [0.15, 0.2) is 16.0 Å². The van der Waals surface area contributed by atoms with Crippen molar-refractivity contribution >= 4 is 63.0 Å². The van der Waals surface area contributed by atoms with Gasteiger partial charge in [0.2, 0.25) is 0 Å². The summed E-state index contributed by atoms with van der Waals surface area (Å²) in [6, 6.07) is 10.8. The summed E-state index contributed by atoms with van der Waals surface area (Å²) in [6.07, 6.45) is 1.68. The fourth-order valence-electron chi connectivity index (χ4n) is 6.65. The van der Waals surface area contributed by atoms with Gasteiger partial charge in [0.1, 0.15) is 17.6 Å². The third kappa shape index (κ3) is 6.87. The molecule has 270 valence electrons. The average Bonchev–Trinajstić information content (AvgIpc) is 3.89. The van der Waals surface area contributed by atoms with Crippen molar-refractivity contribution in [3.8, 4) is 11.3 Å². The Bertz CT molecular complexity index is 2080. The van der Waals surface area contributed by atoms with E-state index in [1.807, 2.05) is 53.8 Å². The Morgan fingerprint density at radius 2 is 1.90 bits per heavy atom. The van der Waals surface area contributed by atoms with Crippen LogP contribution in [0.1, 0.15) is 49.9 Å². The molecule has 2 fully saturated rings. The lowest BCUT2D eigenvalue weighted by Crippen LogP contribution is -2.53. The van der Waals surface area contributed by atoms with Crippen molar-refractivity contribution in [2.24, 2.45) is 4.99 Å². The first-order valence-corrected chi connectivity index (χ1v) is 19.1. The molecule has 0 spiro atoms. The van der Waals surface area contributed by atoms with Crippen LogP contribution in [-0.2, 0) is 19.7 Å². The van der Waals surface area contributed by atoms with Crippen molar-refractivity contribution in [2.75, 3.05) is 44.2 Å². The van der Waals surface area contributed by atoms with Gasteiger partial charge in [-0.2, -0.15) is 0 Å². The average molecular weight is 762 g/mol. The number of benzene rings is 2. The molecule has 2 amide bonds. The van der Waals surface area contributed by atoms with Crippen LogP contribution in [0, 0.1) is 5.82 Å². The van der Waals surface area contributed by atoms with Crippen LogP contribution in [0.2, 0.25) is 5.02 Å². The fourth-order valence-corrected chi connectivity index (χ4v) is 8.34. The smallest absolute Gasteiger partial charge is 0.338 e. The molecule has 7 rings (SSSR count). The predicted octanol–water partition coefficient (Wildman–Crippen LogP) is 6.46. The van der Waals surface area contributed by atoms with Crippen LogP contribution in [0.3, 0.4) is 0 Å². The van der Waals surface area contributed by atoms with Gasteiger partial charge in [0, 0.05) is 70.4 Å². The fraction of sp³-hybridized carbons (Fsp3) is 0.351. The highest BCUT2D eigenvalue weighted by Crippen LogP contribution is 2.38. The SMILES string of the molecule is CCOC(=O)C1=C(CN2CCN3C(=O)N(c4nc(-c5ccc(C(C)(C)C(C)=O)cc5)cs4)C[C@@H]3C2)NC(c2nccs2)=N[C@H]1c1ccc(F)cc1Cl. The maximum atomic E-state index is 14.1. The molecule has 11 nitrogen and oxygen atoms in total. The van der Waals surface area contributed by atoms with Crippen LogP contribution in [0.4, 0.5) is 14.3 Å². The number of ketones is 1. The lowest BCUT2D eigenvalue weighted by atomic mass is 9.81. The molecule has 1 N–H and O–H groups in total. The third-order valence-electron chi connectivity index (χ3n) is 9.84. The van der Waals surface area contributed by atoms with Crippen molar-refractivity contribution in [3.05, 3.63) is 97.7 Å². The van der Waals surface area contributed by atoms with Gasteiger partial charge in [-0.1, -0.05) is 41.9 Å². The van der Waals surface area contributed by atoms with E-state index in [2.05, 4.69) is 15.2 Å². The summed E-state index contributed by atoms with van der Waals surface area (Å²) in [6.45, 7) is 9.73. The molecule has 3 aliphatic heterocycles. The van der Waals surface area contributed by atoms with Crippen LogP contribution >= 0.6 is 34.3 Å². The van der Waals surface area contributed by atoms with Crippen molar-refractivity contribution in [2.45, 2.75) is 45.2 Å². The van der Waals surface area contributed by atoms with Crippen molar-refractivity contribution in [1.29, 1.82) is 0 Å². The number of urea groups is 1. The molecule has 0 aliphatic carbocycles. The summed E-state index contributed by atoms with van der Waals surface area (Å²) < 4.78 is 19.6. The van der Waals surface area contributed by atoms with Gasteiger partial charge in [-0.3, -0.25) is 19.6 Å². The maximum Gasteiger partial charge on any atom is 0.338 e. The number of ether oxygens (including phenoxy) is 1. The van der Waals surface area contributed by atoms with Gasteiger partial charge in [-0.15, -0.1) is 22.7 Å². The van der Waals surface area contributed by atoms with E-state index in [-0.39, 0.29) is 35.1 Å². The number of carbonyl (C=O) groups excluding carboxylic acids is 3. The van der Waals surface area contributed by atoms with Crippen molar-refractivity contribution < 1.29 is 23.5 Å². The minimum Gasteiger partial charge on any atom is -0.463 e. The highest BCUT2D eigenvalue weighted by atomic mass is 35.5. The predicted molar refractivity (Wildman–Crippen MR) is 201 cm³/mol. The topological polar surface area (TPSA) is 120 Å². The second-order valence-electron chi connectivity index (χ2n) is 13.4. The summed E-state index contributed by atoms with van der Waals surface area (Å²) >= 11 is 9.36. The molecule has 3 aliphatic rings. The number of anilines is 1. The summed E-state index contributed by atoms with van der Waals surface area (Å²) in [4.78, 5) is 59.4. The normalized spacial score (nSPS) is 19.4. The van der Waals surface area contributed by atoms with Crippen LogP contribution in [-0.4, -0.2) is 88.8 Å². The number of amidine groups is 1. The van der Waals surface area contributed by atoms with Crippen LogP contribution in [0.15, 0.2) is 75.7 Å². The molecule has 5 heterocycles. The number of piperazine rings is 1. The Balaban J connectivity index is 1.12. The number of amides is 2. The minimum absolute atomic E-state index is 0.0875. The number of aromatic nitrogens is 2.